The van der Waals surface area contributed by atoms with Crippen LogP contribution in [0.1, 0.15) is 18.1 Å². The topological polar surface area (TPSA) is 35.6 Å². The van der Waals surface area contributed by atoms with Crippen LogP contribution in [0.2, 0.25) is 0 Å². The lowest BCUT2D eigenvalue weighted by molar-refractivity contribution is -0.137. The molecular formula is C21H24F3N3O. The van der Waals surface area contributed by atoms with Crippen LogP contribution >= 0.6 is 0 Å². The SMILES string of the molecule is CC(=O)Nc1ccc(CCN2CCN(c3cccc(C(F)(F)F)c3)CC2)cc1. The zero-order valence-electron chi connectivity index (χ0n) is 15.8. The van der Waals surface area contributed by atoms with Crippen LogP contribution in [0.3, 0.4) is 0 Å². The molecule has 1 aliphatic heterocycles. The average molecular weight is 391 g/mol. The molecule has 150 valence electrons. The highest BCUT2D eigenvalue weighted by atomic mass is 19.4. The van der Waals surface area contributed by atoms with Gasteiger partial charge in [-0.25, -0.2) is 0 Å². The summed E-state index contributed by atoms with van der Waals surface area (Å²) in [7, 11) is 0. The Kier molecular flexibility index (Phi) is 6.24. The van der Waals surface area contributed by atoms with Gasteiger partial charge in [-0.2, -0.15) is 13.2 Å². The summed E-state index contributed by atoms with van der Waals surface area (Å²) in [4.78, 5) is 15.4. The molecule has 2 aromatic rings. The lowest BCUT2D eigenvalue weighted by atomic mass is 10.1. The zero-order valence-corrected chi connectivity index (χ0v) is 15.8. The lowest BCUT2D eigenvalue weighted by Gasteiger charge is -2.36. The molecule has 2 aromatic carbocycles. The third kappa shape index (κ3) is 5.48. The van der Waals surface area contributed by atoms with Gasteiger partial charge in [-0.15, -0.1) is 0 Å². The molecule has 1 saturated heterocycles. The van der Waals surface area contributed by atoms with Crippen LogP contribution in [0.5, 0.6) is 0 Å². The van der Waals surface area contributed by atoms with Crippen LogP contribution in [0.25, 0.3) is 0 Å². The van der Waals surface area contributed by atoms with Crippen LogP contribution in [-0.2, 0) is 17.4 Å². The number of halogens is 3. The number of anilines is 2. The summed E-state index contributed by atoms with van der Waals surface area (Å²) in [5.41, 5.74) is 2.00. The summed E-state index contributed by atoms with van der Waals surface area (Å²) >= 11 is 0. The minimum absolute atomic E-state index is 0.0913. The molecule has 1 aliphatic rings. The fourth-order valence-electron chi connectivity index (χ4n) is 3.35. The number of amides is 1. The van der Waals surface area contributed by atoms with Crippen molar-refractivity contribution in [3.05, 3.63) is 59.7 Å². The van der Waals surface area contributed by atoms with Crippen molar-refractivity contribution in [1.29, 1.82) is 0 Å². The van der Waals surface area contributed by atoms with Crippen LogP contribution in [0.4, 0.5) is 24.5 Å². The second-order valence-corrected chi connectivity index (χ2v) is 7.00. The summed E-state index contributed by atoms with van der Waals surface area (Å²) in [5.74, 6) is -0.0913. The Morgan fingerprint density at radius 3 is 2.32 bits per heavy atom. The predicted molar refractivity (Wildman–Crippen MR) is 105 cm³/mol. The average Bonchev–Trinajstić information content (AvgIpc) is 2.67. The number of hydrogen-bond acceptors (Lipinski definition) is 3. The van der Waals surface area contributed by atoms with E-state index in [0.717, 1.165) is 37.8 Å². The maximum absolute atomic E-state index is 12.9. The highest BCUT2D eigenvalue weighted by Gasteiger charge is 2.31. The Balaban J connectivity index is 1.49. The highest BCUT2D eigenvalue weighted by molar-refractivity contribution is 5.88. The van der Waals surface area contributed by atoms with Crippen LogP contribution in [0, 0.1) is 0 Å². The van der Waals surface area contributed by atoms with E-state index in [1.165, 1.54) is 24.6 Å². The molecule has 0 aliphatic carbocycles. The molecular weight excluding hydrogens is 367 g/mol. The first kappa shape index (κ1) is 20.2. The van der Waals surface area contributed by atoms with E-state index in [9.17, 15) is 18.0 Å². The molecule has 28 heavy (non-hydrogen) atoms. The summed E-state index contributed by atoms with van der Waals surface area (Å²) in [6.07, 6.45) is -3.42. The maximum Gasteiger partial charge on any atom is 0.416 e. The van der Waals surface area contributed by atoms with Gasteiger partial charge in [-0.3, -0.25) is 9.69 Å². The summed E-state index contributed by atoms with van der Waals surface area (Å²) in [6.45, 7) is 5.44. The van der Waals surface area contributed by atoms with Crippen LogP contribution in [-0.4, -0.2) is 43.5 Å². The molecule has 4 nitrogen and oxygen atoms in total. The molecule has 3 rings (SSSR count). The monoisotopic (exact) mass is 391 g/mol. The second kappa shape index (κ2) is 8.65. The Morgan fingerprint density at radius 2 is 1.71 bits per heavy atom. The van der Waals surface area contributed by atoms with Crippen molar-refractivity contribution < 1.29 is 18.0 Å². The first-order chi connectivity index (χ1) is 13.3. The maximum atomic E-state index is 12.9. The molecule has 0 spiro atoms. The van der Waals surface area contributed by atoms with Gasteiger partial charge >= 0.3 is 6.18 Å². The molecule has 1 amide bonds. The van der Waals surface area contributed by atoms with Gasteiger partial charge in [-0.05, 0) is 42.3 Å². The van der Waals surface area contributed by atoms with Crippen molar-refractivity contribution in [2.75, 3.05) is 42.9 Å². The van der Waals surface area contributed by atoms with Crippen molar-refractivity contribution in [2.24, 2.45) is 0 Å². The van der Waals surface area contributed by atoms with E-state index in [0.29, 0.717) is 18.8 Å². The van der Waals surface area contributed by atoms with Crippen molar-refractivity contribution in [1.82, 2.24) is 4.90 Å². The molecule has 7 heteroatoms. The minimum atomic E-state index is -4.31. The molecule has 0 bridgehead atoms. The van der Waals surface area contributed by atoms with E-state index < -0.39 is 11.7 Å². The Hall–Kier alpha value is -2.54. The van der Waals surface area contributed by atoms with Crippen molar-refractivity contribution >= 4 is 17.3 Å². The zero-order chi connectivity index (χ0) is 20.1. The van der Waals surface area contributed by atoms with Gasteiger partial charge in [0, 0.05) is 51.0 Å². The van der Waals surface area contributed by atoms with Crippen LogP contribution in [0.15, 0.2) is 48.5 Å². The van der Waals surface area contributed by atoms with E-state index >= 15 is 0 Å². The summed E-state index contributed by atoms with van der Waals surface area (Å²) in [6, 6.07) is 13.3. The third-order valence-corrected chi connectivity index (χ3v) is 4.90. The number of nitrogens with one attached hydrogen (secondary N) is 1. The smallest absolute Gasteiger partial charge is 0.369 e. The lowest BCUT2D eigenvalue weighted by Crippen LogP contribution is -2.47. The molecule has 1 fully saturated rings. The van der Waals surface area contributed by atoms with Gasteiger partial charge in [-0.1, -0.05) is 18.2 Å². The number of piperazine rings is 1. The number of nitrogens with zero attached hydrogens (tertiary/aromatic N) is 2. The first-order valence-electron chi connectivity index (χ1n) is 9.32. The van der Waals surface area contributed by atoms with Gasteiger partial charge in [0.25, 0.3) is 0 Å². The van der Waals surface area contributed by atoms with Crippen molar-refractivity contribution in [2.45, 2.75) is 19.5 Å². The van der Waals surface area contributed by atoms with E-state index in [-0.39, 0.29) is 5.91 Å². The molecule has 0 unspecified atom stereocenters. The molecule has 0 saturated carbocycles. The normalized spacial score (nSPS) is 15.5. The fourth-order valence-corrected chi connectivity index (χ4v) is 3.35. The predicted octanol–water partition coefficient (Wildman–Crippen LogP) is 4.03. The Labute approximate surface area is 162 Å². The van der Waals surface area contributed by atoms with Crippen LogP contribution < -0.4 is 10.2 Å². The number of hydrogen-bond donors (Lipinski definition) is 1. The number of rotatable bonds is 5. The van der Waals surface area contributed by atoms with E-state index in [4.69, 9.17) is 0 Å². The van der Waals surface area contributed by atoms with E-state index in [1.807, 2.05) is 29.2 Å². The van der Waals surface area contributed by atoms with Gasteiger partial charge in [0.1, 0.15) is 0 Å². The Morgan fingerprint density at radius 1 is 1.04 bits per heavy atom. The number of carbonyl (C=O) groups excluding carboxylic acids is 1. The summed E-state index contributed by atoms with van der Waals surface area (Å²) < 4.78 is 38.7. The number of alkyl halides is 3. The number of benzene rings is 2. The molecule has 0 atom stereocenters. The largest absolute Gasteiger partial charge is 0.416 e. The third-order valence-electron chi connectivity index (χ3n) is 4.90. The van der Waals surface area contributed by atoms with E-state index in [1.54, 1.807) is 6.07 Å². The van der Waals surface area contributed by atoms with E-state index in [2.05, 4.69) is 10.2 Å². The van der Waals surface area contributed by atoms with Crippen molar-refractivity contribution in [3.63, 3.8) is 0 Å². The fraction of sp³-hybridized carbons (Fsp3) is 0.381. The molecule has 0 aromatic heterocycles. The minimum Gasteiger partial charge on any atom is -0.369 e. The van der Waals surface area contributed by atoms with Gasteiger partial charge in [0.05, 0.1) is 5.56 Å². The standard InChI is InChI=1S/C21H24F3N3O/c1-16(28)25-19-7-5-17(6-8-19)9-10-26-11-13-27(14-12-26)20-4-2-3-18(15-20)21(22,23)24/h2-8,15H,9-14H2,1H3,(H,25,28). The van der Waals surface area contributed by atoms with Gasteiger partial charge in [0.2, 0.25) is 5.91 Å². The molecule has 1 heterocycles. The highest BCUT2D eigenvalue weighted by Crippen LogP contribution is 2.31. The quantitative estimate of drug-likeness (QED) is 0.836. The van der Waals surface area contributed by atoms with Gasteiger partial charge in [0.15, 0.2) is 0 Å². The molecule has 1 N–H and O–H groups in total. The number of carbonyl (C=O) groups is 1. The summed E-state index contributed by atoms with van der Waals surface area (Å²) in [5, 5.41) is 2.75. The second-order valence-electron chi connectivity index (χ2n) is 7.00. The molecule has 0 radical (unpaired) electrons. The Bertz CT molecular complexity index is 797. The first-order valence-corrected chi connectivity index (χ1v) is 9.32. The van der Waals surface area contributed by atoms with Gasteiger partial charge < -0.3 is 10.2 Å². The van der Waals surface area contributed by atoms with Crippen molar-refractivity contribution in [3.8, 4) is 0 Å².